The maximum absolute atomic E-state index is 14.0. The summed E-state index contributed by atoms with van der Waals surface area (Å²) in [4.78, 5) is 0. The number of hydrogen-bond donors (Lipinski definition) is 1. The molecule has 0 saturated heterocycles. The number of ether oxygens (including phenoxy) is 1. The highest BCUT2D eigenvalue weighted by molar-refractivity contribution is 5.20. The predicted molar refractivity (Wildman–Crippen MR) is 82.4 cm³/mol. The fourth-order valence-electron chi connectivity index (χ4n) is 2.12. The third-order valence-corrected chi connectivity index (χ3v) is 3.16. The summed E-state index contributed by atoms with van der Waals surface area (Å²) in [6.07, 6.45) is 1.93. The summed E-state index contributed by atoms with van der Waals surface area (Å²) in [7, 11) is 0. The first-order valence-corrected chi connectivity index (χ1v) is 7.48. The smallest absolute Gasteiger partial charge is 0.129 e. The van der Waals surface area contributed by atoms with Crippen molar-refractivity contribution in [1.82, 2.24) is 5.32 Å². The molecule has 0 amide bonds. The molecule has 2 atom stereocenters. The van der Waals surface area contributed by atoms with E-state index in [-0.39, 0.29) is 23.6 Å². The lowest BCUT2D eigenvalue weighted by Gasteiger charge is -2.28. The van der Waals surface area contributed by atoms with Crippen LogP contribution in [0, 0.1) is 5.82 Å². The lowest BCUT2D eigenvalue weighted by atomic mass is 10.0. The van der Waals surface area contributed by atoms with Crippen molar-refractivity contribution in [2.75, 3.05) is 6.54 Å². The Labute approximate surface area is 122 Å². The Balaban J connectivity index is 2.81. The Hall–Kier alpha value is -0.930. The highest BCUT2D eigenvalue weighted by atomic mass is 19.1. The summed E-state index contributed by atoms with van der Waals surface area (Å²) in [6.45, 7) is 11.1. The molecule has 0 heterocycles. The molecule has 1 N–H and O–H groups in total. The Morgan fingerprint density at radius 3 is 2.45 bits per heavy atom. The summed E-state index contributed by atoms with van der Waals surface area (Å²) < 4.78 is 20.0. The van der Waals surface area contributed by atoms with Crippen molar-refractivity contribution >= 4 is 0 Å². The minimum atomic E-state index is -0.253. The highest BCUT2D eigenvalue weighted by Gasteiger charge is 2.21. The molecule has 0 bridgehead atoms. The summed E-state index contributed by atoms with van der Waals surface area (Å²) >= 11 is 0. The largest absolute Gasteiger partial charge is 0.369 e. The van der Waals surface area contributed by atoms with E-state index in [9.17, 15) is 4.39 Å². The van der Waals surface area contributed by atoms with Gasteiger partial charge in [-0.2, -0.15) is 0 Å². The van der Waals surface area contributed by atoms with E-state index in [0.717, 1.165) is 12.8 Å². The van der Waals surface area contributed by atoms with Crippen LogP contribution in [0.3, 0.4) is 0 Å². The zero-order chi connectivity index (χ0) is 15.2. The van der Waals surface area contributed by atoms with Crippen LogP contribution in [0.15, 0.2) is 24.3 Å². The zero-order valence-electron chi connectivity index (χ0n) is 13.4. The van der Waals surface area contributed by atoms with Crippen molar-refractivity contribution in [2.24, 2.45) is 0 Å². The monoisotopic (exact) mass is 281 g/mol. The third kappa shape index (κ3) is 6.02. The van der Waals surface area contributed by atoms with Gasteiger partial charge in [0.25, 0.3) is 0 Å². The van der Waals surface area contributed by atoms with Gasteiger partial charge in [-0.05, 0) is 40.2 Å². The van der Waals surface area contributed by atoms with Crippen LogP contribution in [0.4, 0.5) is 4.39 Å². The van der Waals surface area contributed by atoms with Gasteiger partial charge in [-0.3, -0.25) is 0 Å². The molecule has 1 aromatic carbocycles. The van der Waals surface area contributed by atoms with Crippen LogP contribution in [-0.4, -0.2) is 18.2 Å². The van der Waals surface area contributed by atoms with E-state index in [1.165, 1.54) is 6.07 Å². The molecule has 0 aliphatic carbocycles. The van der Waals surface area contributed by atoms with E-state index < -0.39 is 0 Å². The van der Waals surface area contributed by atoms with Gasteiger partial charge >= 0.3 is 0 Å². The van der Waals surface area contributed by atoms with Crippen LogP contribution < -0.4 is 5.32 Å². The summed E-state index contributed by atoms with van der Waals surface area (Å²) in [5, 5.41) is 3.40. The van der Waals surface area contributed by atoms with Gasteiger partial charge in [0.05, 0.1) is 12.2 Å². The van der Waals surface area contributed by atoms with E-state index in [0.29, 0.717) is 12.1 Å². The van der Waals surface area contributed by atoms with Crippen molar-refractivity contribution in [3.05, 3.63) is 35.6 Å². The number of benzene rings is 1. The van der Waals surface area contributed by atoms with Gasteiger partial charge < -0.3 is 10.1 Å². The van der Waals surface area contributed by atoms with E-state index >= 15 is 0 Å². The Kier molecular flexibility index (Phi) is 6.63. The molecular weight excluding hydrogens is 253 g/mol. The zero-order valence-corrected chi connectivity index (χ0v) is 13.4. The first-order chi connectivity index (χ1) is 9.33. The molecule has 2 nitrogen and oxygen atoms in total. The Morgan fingerprint density at radius 1 is 1.25 bits per heavy atom. The molecule has 0 aliphatic rings. The topological polar surface area (TPSA) is 21.3 Å². The maximum atomic E-state index is 14.0. The van der Waals surface area contributed by atoms with E-state index in [2.05, 4.69) is 39.9 Å². The summed E-state index contributed by atoms with van der Waals surface area (Å²) in [6, 6.07) is 6.87. The molecule has 2 unspecified atom stereocenters. The predicted octanol–water partition coefficient (Wildman–Crippen LogP) is 4.46. The molecule has 0 spiro atoms. The fourth-order valence-corrected chi connectivity index (χ4v) is 2.12. The summed E-state index contributed by atoms with van der Waals surface area (Å²) in [5.41, 5.74) is 0.619. The SMILES string of the molecule is CCCC(C)OC(CNC(C)(C)C)c1ccccc1F. The fraction of sp³-hybridized carbons (Fsp3) is 0.647. The van der Waals surface area contributed by atoms with E-state index in [1.54, 1.807) is 6.07 Å². The van der Waals surface area contributed by atoms with Crippen LogP contribution in [0.2, 0.25) is 0 Å². The standard InChI is InChI=1S/C17H28FNO/c1-6-9-13(2)20-16(12-19-17(3,4)5)14-10-7-8-11-15(14)18/h7-8,10-11,13,16,19H,6,9,12H2,1-5H3. The average molecular weight is 281 g/mol. The van der Waals surface area contributed by atoms with E-state index in [4.69, 9.17) is 4.74 Å². The van der Waals surface area contributed by atoms with Crippen LogP contribution in [-0.2, 0) is 4.74 Å². The normalized spacial score (nSPS) is 15.1. The van der Waals surface area contributed by atoms with Gasteiger partial charge in [0, 0.05) is 17.6 Å². The van der Waals surface area contributed by atoms with Crippen LogP contribution in [0.1, 0.15) is 59.1 Å². The first-order valence-electron chi connectivity index (χ1n) is 7.48. The molecule has 114 valence electrons. The molecule has 0 saturated carbocycles. The minimum absolute atomic E-state index is 0.0130. The van der Waals surface area contributed by atoms with Crippen LogP contribution >= 0.6 is 0 Å². The van der Waals surface area contributed by atoms with E-state index in [1.807, 2.05) is 12.1 Å². The van der Waals surface area contributed by atoms with Gasteiger partial charge in [0.1, 0.15) is 5.82 Å². The van der Waals surface area contributed by atoms with Gasteiger partial charge in [-0.1, -0.05) is 31.5 Å². The second-order valence-electron chi connectivity index (χ2n) is 6.38. The number of halogens is 1. The molecule has 0 fully saturated rings. The Bertz CT molecular complexity index is 400. The van der Waals surface area contributed by atoms with Crippen molar-refractivity contribution in [3.8, 4) is 0 Å². The number of nitrogens with one attached hydrogen (secondary N) is 1. The molecular formula is C17H28FNO. The van der Waals surface area contributed by atoms with Crippen molar-refractivity contribution in [2.45, 2.75) is 65.2 Å². The average Bonchev–Trinajstić information content (AvgIpc) is 2.34. The number of rotatable bonds is 7. The molecule has 20 heavy (non-hydrogen) atoms. The first kappa shape index (κ1) is 17.1. The van der Waals surface area contributed by atoms with Crippen LogP contribution in [0.5, 0.6) is 0 Å². The molecule has 3 heteroatoms. The molecule has 0 aliphatic heterocycles. The maximum Gasteiger partial charge on any atom is 0.129 e. The lowest BCUT2D eigenvalue weighted by molar-refractivity contribution is -0.0116. The second kappa shape index (κ2) is 7.75. The van der Waals surface area contributed by atoms with Gasteiger partial charge in [0.15, 0.2) is 0 Å². The van der Waals surface area contributed by atoms with Crippen molar-refractivity contribution in [1.29, 1.82) is 0 Å². The van der Waals surface area contributed by atoms with Crippen LogP contribution in [0.25, 0.3) is 0 Å². The quantitative estimate of drug-likeness (QED) is 0.796. The van der Waals surface area contributed by atoms with Crippen molar-refractivity contribution in [3.63, 3.8) is 0 Å². The molecule has 1 rings (SSSR count). The minimum Gasteiger partial charge on any atom is -0.369 e. The highest BCUT2D eigenvalue weighted by Crippen LogP contribution is 2.23. The Morgan fingerprint density at radius 2 is 1.90 bits per heavy atom. The number of hydrogen-bond acceptors (Lipinski definition) is 2. The van der Waals surface area contributed by atoms with Gasteiger partial charge in [-0.15, -0.1) is 0 Å². The molecule has 0 radical (unpaired) electrons. The second-order valence-corrected chi connectivity index (χ2v) is 6.38. The van der Waals surface area contributed by atoms with Crippen molar-refractivity contribution < 1.29 is 9.13 Å². The molecule has 0 aromatic heterocycles. The summed E-state index contributed by atoms with van der Waals surface area (Å²) in [5.74, 6) is -0.197. The molecule has 1 aromatic rings. The van der Waals surface area contributed by atoms with Gasteiger partial charge in [0.2, 0.25) is 0 Å². The lowest BCUT2D eigenvalue weighted by Crippen LogP contribution is -2.39. The van der Waals surface area contributed by atoms with Gasteiger partial charge in [-0.25, -0.2) is 4.39 Å². The third-order valence-electron chi connectivity index (χ3n) is 3.16.